The fourth-order valence-electron chi connectivity index (χ4n) is 8.83. The van der Waals surface area contributed by atoms with Gasteiger partial charge in [-0.1, -0.05) is 280 Å². The van der Waals surface area contributed by atoms with E-state index in [0.717, 1.165) is 83.5 Å². The van der Waals surface area contributed by atoms with Crippen molar-refractivity contribution in [2.75, 3.05) is 13.2 Å². The molecule has 0 fully saturated rings. The fraction of sp³-hybridized carbons (Fsp3) is 0.773. The standard InChI is InChI=1S/C66H116O6/c1-4-7-10-13-16-19-22-25-28-31-32-33-34-36-38-41-44-47-50-53-56-59-65(68)71-62-63(61-70-64(67)58-55-52-49-46-43-40-37-30-27-24-21-18-15-12-9-6-3)72-66(69)60-57-54-51-48-45-42-39-35-29-26-23-20-17-14-11-8-5-2/h8,11,17,20,26,29-30,37,39,42,48,51,63H,4-7,9-10,12-16,18-19,21-25,27-28,31-36,38,40-41,43-47,49-50,52-62H2,1-3H3/b11-8-,20-17-,29-26-,37-30-,42-39-,51-48-. The smallest absolute Gasteiger partial charge is 0.306 e. The molecule has 6 nitrogen and oxygen atoms in total. The Labute approximate surface area is 446 Å². The van der Waals surface area contributed by atoms with Crippen molar-refractivity contribution in [3.8, 4) is 0 Å². The minimum absolute atomic E-state index is 0.0978. The molecule has 1 atom stereocenters. The molecule has 0 saturated heterocycles. The van der Waals surface area contributed by atoms with Gasteiger partial charge in [-0.15, -0.1) is 0 Å². The molecule has 0 spiro atoms. The summed E-state index contributed by atoms with van der Waals surface area (Å²) in [6.45, 7) is 6.51. The van der Waals surface area contributed by atoms with E-state index in [-0.39, 0.29) is 37.5 Å². The summed E-state index contributed by atoms with van der Waals surface area (Å²) in [7, 11) is 0. The molecular weight excluding hydrogens is 889 g/mol. The molecule has 0 amide bonds. The number of hydrogen-bond donors (Lipinski definition) is 0. The third-order valence-corrected chi connectivity index (χ3v) is 13.4. The van der Waals surface area contributed by atoms with Crippen molar-refractivity contribution in [1.29, 1.82) is 0 Å². The molecular formula is C66H116O6. The summed E-state index contributed by atoms with van der Waals surface area (Å²) in [5.41, 5.74) is 0. The first-order valence-corrected chi connectivity index (χ1v) is 30.9. The second-order valence-corrected chi connectivity index (χ2v) is 20.6. The third-order valence-electron chi connectivity index (χ3n) is 13.4. The van der Waals surface area contributed by atoms with Crippen molar-refractivity contribution in [3.05, 3.63) is 72.9 Å². The monoisotopic (exact) mass is 1000 g/mol. The molecule has 0 aromatic heterocycles. The van der Waals surface area contributed by atoms with E-state index in [1.54, 1.807) is 0 Å². The van der Waals surface area contributed by atoms with Gasteiger partial charge in [-0.3, -0.25) is 14.4 Å². The minimum Gasteiger partial charge on any atom is -0.462 e. The predicted octanol–water partition coefficient (Wildman–Crippen LogP) is 20.9. The highest BCUT2D eigenvalue weighted by atomic mass is 16.6. The highest BCUT2D eigenvalue weighted by molar-refractivity contribution is 5.71. The van der Waals surface area contributed by atoms with Gasteiger partial charge in [0.1, 0.15) is 13.2 Å². The molecule has 0 aliphatic heterocycles. The molecule has 0 aliphatic carbocycles. The van der Waals surface area contributed by atoms with Crippen LogP contribution >= 0.6 is 0 Å². The number of carbonyl (C=O) groups excluding carboxylic acids is 3. The maximum Gasteiger partial charge on any atom is 0.306 e. The van der Waals surface area contributed by atoms with E-state index in [9.17, 15) is 14.4 Å². The zero-order valence-electron chi connectivity index (χ0n) is 47.7. The maximum atomic E-state index is 12.9. The molecule has 72 heavy (non-hydrogen) atoms. The Morgan fingerprint density at radius 3 is 0.903 bits per heavy atom. The third kappa shape index (κ3) is 57.7. The van der Waals surface area contributed by atoms with Crippen LogP contribution in [0.1, 0.15) is 310 Å². The number of unbranched alkanes of at least 4 members (excludes halogenated alkanes) is 33. The highest BCUT2D eigenvalue weighted by Gasteiger charge is 2.19. The van der Waals surface area contributed by atoms with Gasteiger partial charge in [0.2, 0.25) is 0 Å². The molecule has 0 bridgehead atoms. The Morgan fingerprint density at radius 1 is 0.292 bits per heavy atom. The van der Waals surface area contributed by atoms with Crippen LogP contribution in [-0.4, -0.2) is 37.2 Å². The molecule has 0 aromatic carbocycles. The number of esters is 3. The van der Waals surface area contributed by atoms with Crippen molar-refractivity contribution in [2.45, 2.75) is 316 Å². The van der Waals surface area contributed by atoms with E-state index in [4.69, 9.17) is 14.2 Å². The summed E-state index contributed by atoms with van der Waals surface area (Å²) < 4.78 is 16.9. The fourth-order valence-corrected chi connectivity index (χ4v) is 8.83. The van der Waals surface area contributed by atoms with Crippen LogP contribution in [-0.2, 0) is 28.6 Å². The normalized spacial score (nSPS) is 12.5. The second-order valence-electron chi connectivity index (χ2n) is 20.6. The number of carbonyl (C=O) groups is 3. The second kappa shape index (κ2) is 60.4. The van der Waals surface area contributed by atoms with Gasteiger partial charge in [0.15, 0.2) is 6.10 Å². The molecule has 0 N–H and O–H groups in total. The van der Waals surface area contributed by atoms with Gasteiger partial charge < -0.3 is 14.2 Å². The zero-order valence-corrected chi connectivity index (χ0v) is 47.7. The van der Waals surface area contributed by atoms with E-state index in [1.807, 2.05) is 0 Å². The SMILES string of the molecule is CC/C=C\C/C=C\C/C=C\C/C=C\C/C=C\CCCC(=O)OC(COC(=O)CCCCCCC/C=C\CCCCCCCCC)COC(=O)CCCCCCCCCCCCCCCCCCCCCCC. The lowest BCUT2D eigenvalue weighted by Gasteiger charge is -2.18. The first kappa shape index (κ1) is 68.8. The van der Waals surface area contributed by atoms with Gasteiger partial charge in [0.25, 0.3) is 0 Å². The summed E-state index contributed by atoms with van der Waals surface area (Å²) in [5.74, 6) is -0.952. The predicted molar refractivity (Wildman–Crippen MR) is 311 cm³/mol. The summed E-state index contributed by atoms with van der Waals surface area (Å²) in [6, 6.07) is 0. The lowest BCUT2D eigenvalue weighted by atomic mass is 10.0. The quantitative estimate of drug-likeness (QED) is 0.0261. The first-order chi connectivity index (χ1) is 35.5. The van der Waals surface area contributed by atoms with Crippen LogP contribution in [0.15, 0.2) is 72.9 Å². The van der Waals surface area contributed by atoms with Crippen molar-refractivity contribution < 1.29 is 28.6 Å². The first-order valence-electron chi connectivity index (χ1n) is 30.9. The zero-order chi connectivity index (χ0) is 52.2. The van der Waals surface area contributed by atoms with Crippen LogP contribution < -0.4 is 0 Å². The average molecular weight is 1010 g/mol. The van der Waals surface area contributed by atoms with Crippen LogP contribution in [0, 0.1) is 0 Å². The molecule has 0 aromatic rings. The average Bonchev–Trinajstić information content (AvgIpc) is 3.38. The molecule has 0 rings (SSSR count). The van der Waals surface area contributed by atoms with Crippen molar-refractivity contribution in [2.24, 2.45) is 0 Å². The largest absolute Gasteiger partial charge is 0.462 e. The minimum atomic E-state index is -0.808. The van der Waals surface area contributed by atoms with E-state index >= 15 is 0 Å². The summed E-state index contributed by atoms with van der Waals surface area (Å²) in [5, 5.41) is 0. The van der Waals surface area contributed by atoms with Crippen LogP contribution in [0.25, 0.3) is 0 Å². The molecule has 0 saturated carbocycles. The topological polar surface area (TPSA) is 78.9 Å². The molecule has 416 valence electrons. The molecule has 1 unspecified atom stereocenters. The van der Waals surface area contributed by atoms with Gasteiger partial charge in [-0.05, 0) is 83.5 Å². The van der Waals surface area contributed by atoms with E-state index < -0.39 is 6.10 Å². The van der Waals surface area contributed by atoms with E-state index in [2.05, 4.69) is 93.7 Å². The number of ether oxygens (including phenoxy) is 3. The Morgan fingerprint density at radius 2 is 0.556 bits per heavy atom. The summed E-state index contributed by atoms with van der Waals surface area (Å²) in [4.78, 5) is 38.2. The van der Waals surface area contributed by atoms with Gasteiger partial charge >= 0.3 is 17.9 Å². The molecule has 0 radical (unpaired) electrons. The Balaban J connectivity index is 4.41. The van der Waals surface area contributed by atoms with Crippen LogP contribution in [0.5, 0.6) is 0 Å². The Bertz CT molecular complexity index is 1340. The lowest BCUT2D eigenvalue weighted by molar-refractivity contribution is -0.167. The summed E-state index contributed by atoms with van der Waals surface area (Å²) >= 11 is 0. The van der Waals surface area contributed by atoms with Gasteiger partial charge in [-0.25, -0.2) is 0 Å². The van der Waals surface area contributed by atoms with Crippen LogP contribution in [0.4, 0.5) is 0 Å². The maximum absolute atomic E-state index is 12.9. The van der Waals surface area contributed by atoms with Gasteiger partial charge in [-0.2, -0.15) is 0 Å². The van der Waals surface area contributed by atoms with Gasteiger partial charge in [0, 0.05) is 19.3 Å². The van der Waals surface area contributed by atoms with Crippen molar-refractivity contribution in [1.82, 2.24) is 0 Å². The van der Waals surface area contributed by atoms with Gasteiger partial charge in [0.05, 0.1) is 0 Å². The number of allylic oxidation sites excluding steroid dienone is 12. The summed E-state index contributed by atoms with van der Waals surface area (Å²) in [6.07, 6.45) is 77.7. The number of rotatable bonds is 56. The molecule has 0 aliphatic rings. The van der Waals surface area contributed by atoms with E-state index in [1.165, 1.54) is 180 Å². The van der Waals surface area contributed by atoms with Crippen LogP contribution in [0.3, 0.4) is 0 Å². The highest BCUT2D eigenvalue weighted by Crippen LogP contribution is 2.17. The Kier molecular flexibility index (Phi) is 57.8. The lowest BCUT2D eigenvalue weighted by Crippen LogP contribution is -2.30. The molecule has 6 heteroatoms. The van der Waals surface area contributed by atoms with Crippen molar-refractivity contribution >= 4 is 17.9 Å². The number of hydrogen-bond acceptors (Lipinski definition) is 6. The molecule has 0 heterocycles. The van der Waals surface area contributed by atoms with E-state index in [0.29, 0.717) is 19.3 Å². The Hall–Kier alpha value is -3.15. The van der Waals surface area contributed by atoms with Crippen LogP contribution in [0.2, 0.25) is 0 Å². The van der Waals surface area contributed by atoms with Crippen molar-refractivity contribution in [3.63, 3.8) is 0 Å².